The molecule has 14 heteroatoms. The Morgan fingerprint density at radius 1 is 1.30 bits per heavy atom. The van der Waals surface area contributed by atoms with Crippen molar-refractivity contribution < 1.29 is 14.1 Å². The van der Waals surface area contributed by atoms with Crippen LogP contribution in [0.1, 0.15) is 68.9 Å². The summed E-state index contributed by atoms with van der Waals surface area (Å²) in [6.07, 6.45) is 4.79. The van der Waals surface area contributed by atoms with Crippen LogP contribution >= 0.6 is 22.9 Å². The van der Waals surface area contributed by atoms with Gasteiger partial charge in [0.25, 0.3) is 0 Å². The fourth-order valence-corrected chi connectivity index (χ4v) is 7.68. The van der Waals surface area contributed by atoms with Crippen LogP contribution in [0.25, 0.3) is 11.5 Å². The van der Waals surface area contributed by atoms with Crippen molar-refractivity contribution in [2.45, 2.75) is 76.5 Å². The number of aromatic nitrogens is 4. The molecule has 5 heterocycles. The molecule has 3 aliphatic rings. The van der Waals surface area contributed by atoms with Crippen LogP contribution in [-0.4, -0.2) is 87.2 Å². The van der Waals surface area contributed by atoms with E-state index in [4.69, 9.17) is 25.8 Å². The fraction of sp³-hybridized carbons (Fsp3) is 0.552. The molecule has 6 rings (SSSR count). The first-order valence-corrected chi connectivity index (χ1v) is 15.5. The smallest absolute Gasteiger partial charge is 0.410 e. The van der Waals surface area contributed by atoms with Gasteiger partial charge >= 0.3 is 6.09 Å². The van der Waals surface area contributed by atoms with Crippen molar-refractivity contribution in [1.82, 2.24) is 29.9 Å². The van der Waals surface area contributed by atoms with E-state index >= 15 is 0 Å². The minimum atomic E-state index is -0.648. The van der Waals surface area contributed by atoms with Crippen molar-refractivity contribution >= 4 is 46.2 Å². The molecule has 3 aromatic heterocycles. The van der Waals surface area contributed by atoms with Crippen LogP contribution in [0.5, 0.6) is 0 Å². The summed E-state index contributed by atoms with van der Waals surface area (Å²) in [5, 5.41) is 15.2. The molecule has 226 valence electrons. The van der Waals surface area contributed by atoms with E-state index in [2.05, 4.69) is 31.1 Å². The summed E-state index contributed by atoms with van der Waals surface area (Å²) in [6.45, 7) is 8.82. The Bertz CT molecular complexity index is 1640. The van der Waals surface area contributed by atoms with E-state index in [-0.39, 0.29) is 23.5 Å². The third kappa shape index (κ3) is 5.42. The van der Waals surface area contributed by atoms with E-state index in [1.54, 1.807) is 22.6 Å². The fourth-order valence-electron chi connectivity index (χ4n) is 6.24. The first-order valence-electron chi connectivity index (χ1n) is 14.3. The zero-order valence-corrected chi connectivity index (χ0v) is 26.7. The third-order valence-corrected chi connectivity index (χ3v) is 9.41. The summed E-state index contributed by atoms with van der Waals surface area (Å²) >= 11 is 7.95. The Balaban J connectivity index is 1.27. The molecule has 0 aromatic carbocycles. The maximum atomic E-state index is 12.7. The van der Waals surface area contributed by atoms with Gasteiger partial charge in [-0.25, -0.2) is 19.8 Å². The average Bonchev–Trinajstić information content (AvgIpc) is 3.73. The van der Waals surface area contributed by atoms with E-state index in [1.165, 1.54) is 0 Å². The number of thiophene rings is 1. The number of piperazine rings is 1. The predicted octanol–water partition coefficient (Wildman–Crippen LogP) is 5.17. The normalized spacial score (nSPS) is 23.1. The maximum absolute atomic E-state index is 12.7. The molecule has 1 aliphatic carbocycles. The summed E-state index contributed by atoms with van der Waals surface area (Å²) in [5.41, 5.74) is 0.715. The van der Waals surface area contributed by atoms with Gasteiger partial charge in [0.1, 0.15) is 28.2 Å². The van der Waals surface area contributed by atoms with Gasteiger partial charge in [0.15, 0.2) is 0 Å². The number of rotatable bonds is 5. The highest BCUT2D eigenvalue weighted by Crippen LogP contribution is 2.50. The van der Waals surface area contributed by atoms with Crippen molar-refractivity contribution in [3.05, 3.63) is 33.2 Å². The SMILES string of the molecule is CN(C)C=Nc1sc2c(c1C#N)[C@@](C)(c1nc(-c3cc(N4C[C@@H]5C[C@H]4CN5C(=O)OC(C)(C)C)nc(Cl)n3)no1)CCC2. The molecule has 0 unspecified atom stereocenters. The van der Waals surface area contributed by atoms with Crippen LogP contribution in [-0.2, 0) is 16.6 Å². The van der Waals surface area contributed by atoms with Gasteiger partial charge in [-0.15, -0.1) is 11.3 Å². The molecule has 0 saturated carbocycles. The molecular formula is C29H34ClN9O3S. The van der Waals surface area contributed by atoms with Crippen molar-refractivity contribution in [2.75, 3.05) is 32.1 Å². The largest absolute Gasteiger partial charge is 0.444 e. The molecule has 2 fully saturated rings. The molecular weight excluding hydrogens is 590 g/mol. The van der Waals surface area contributed by atoms with Crippen LogP contribution in [0.3, 0.4) is 0 Å². The lowest BCUT2D eigenvalue weighted by Crippen LogP contribution is -2.50. The lowest BCUT2D eigenvalue weighted by molar-refractivity contribution is 0.0214. The minimum Gasteiger partial charge on any atom is -0.444 e. The van der Waals surface area contributed by atoms with Gasteiger partial charge in [-0.2, -0.15) is 10.2 Å². The van der Waals surface area contributed by atoms with E-state index in [9.17, 15) is 10.1 Å². The summed E-state index contributed by atoms with van der Waals surface area (Å²) in [7, 11) is 3.79. The van der Waals surface area contributed by atoms with Gasteiger partial charge < -0.3 is 24.0 Å². The van der Waals surface area contributed by atoms with Gasteiger partial charge in [0.05, 0.1) is 29.4 Å². The van der Waals surface area contributed by atoms with E-state index in [0.717, 1.165) is 36.1 Å². The number of nitrogens with zero attached hydrogens (tertiary/aromatic N) is 9. The summed E-state index contributed by atoms with van der Waals surface area (Å²) < 4.78 is 11.5. The Morgan fingerprint density at radius 2 is 2.09 bits per heavy atom. The molecule has 2 bridgehead atoms. The number of nitriles is 1. The lowest BCUT2D eigenvalue weighted by Gasteiger charge is -2.35. The second-order valence-electron chi connectivity index (χ2n) is 12.7. The van der Waals surface area contributed by atoms with E-state index in [1.807, 2.05) is 52.8 Å². The molecule has 3 aromatic rings. The number of carbonyl (C=O) groups is 1. The summed E-state index contributed by atoms with van der Waals surface area (Å²) in [5.74, 6) is 1.37. The number of hydrogen-bond acceptors (Lipinski definition) is 11. The highest BCUT2D eigenvalue weighted by atomic mass is 35.5. The van der Waals surface area contributed by atoms with Crippen LogP contribution in [0.2, 0.25) is 5.28 Å². The summed E-state index contributed by atoms with van der Waals surface area (Å²) in [4.78, 5) is 37.9. The zero-order valence-electron chi connectivity index (χ0n) is 25.1. The Labute approximate surface area is 259 Å². The molecule has 0 radical (unpaired) electrons. The first kappa shape index (κ1) is 29.3. The second kappa shape index (κ2) is 10.7. The van der Waals surface area contributed by atoms with Gasteiger partial charge in [-0.1, -0.05) is 5.16 Å². The van der Waals surface area contributed by atoms with Crippen LogP contribution < -0.4 is 4.90 Å². The Morgan fingerprint density at radius 3 is 2.77 bits per heavy atom. The summed E-state index contributed by atoms with van der Waals surface area (Å²) in [6, 6.07) is 4.31. The molecule has 1 amide bonds. The lowest BCUT2D eigenvalue weighted by atomic mass is 9.72. The topological polar surface area (TPSA) is 137 Å². The third-order valence-electron chi connectivity index (χ3n) is 8.09. The number of likely N-dealkylation sites (tertiary alicyclic amines) is 1. The van der Waals surface area contributed by atoms with Crippen molar-refractivity contribution in [2.24, 2.45) is 4.99 Å². The molecule has 2 aliphatic heterocycles. The number of ether oxygens (including phenoxy) is 1. The average molecular weight is 624 g/mol. The van der Waals surface area contributed by atoms with Gasteiger partial charge in [-0.3, -0.25) is 0 Å². The van der Waals surface area contributed by atoms with Crippen LogP contribution in [0.15, 0.2) is 15.6 Å². The Kier molecular flexibility index (Phi) is 7.33. The number of amides is 1. The number of aliphatic imine (C=N–C) groups is 1. The number of carbonyl (C=O) groups excluding carboxylic acids is 1. The number of anilines is 1. The number of halogens is 1. The van der Waals surface area contributed by atoms with Crippen molar-refractivity contribution in [3.63, 3.8) is 0 Å². The molecule has 0 spiro atoms. The van der Waals surface area contributed by atoms with Gasteiger partial charge in [-0.05, 0) is 65.0 Å². The highest BCUT2D eigenvalue weighted by Gasteiger charge is 2.47. The van der Waals surface area contributed by atoms with Gasteiger partial charge in [0, 0.05) is 43.7 Å². The zero-order chi connectivity index (χ0) is 30.7. The number of fused-ring (bicyclic) bond motifs is 3. The quantitative estimate of drug-likeness (QED) is 0.212. The van der Waals surface area contributed by atoms with E-state index < -0.39 is 11.0 Å². The monoisotopic (exact) mass is 623 g/mol. The number of aryl methyl sites for hydroxylation is 1. The minimum absolute atomic E-state index is 0.0289. The predicted molar refractivity (Wildman–Crippen MR) is 163 cm³/mol. The van der Waals surface area contributed by atoms with Crippen LogP contribution in [0.4, 0.5) is 15.6 Å². The van der Waals surface area contributed by atoms with Gasteiger partial charge in [0.2, 0.25) is 17.0 Å². The maximum Gasteiger partial charge on any atom is 0.410 e. The molecule has 3 atom stereocenters. The van der Waals surface area contributed by atoms with E-state index in [0.29, 0.717) is 46.9 Å². The van der Waals surface area contributed by atoms with Crippen molar-refractivity contribution in [3.8, 4) is 17.6 Å². The standard InChI is InChI=1S/C29H34ClN9O3S/c1-28(2,3)41-27(40)39-14-16-10-17(39)13-38(16)21-11-19(33-26(30)34-21)23-35-25(42-36-23)29(4)9-7-8-20-22(29)18(12-31)24(43-20)32-15-37(5)6/h11,15-17H,7-10,13-14H2,1-6H3/t16-,17-,29-/m0/s1. The highest BCUT2D eigenvalue weighted by molar-refractivity contribution is 7.16. The molecule has 43 heavy (non-hydrogen) atoms. The molecule has 12 nitrogen and oxygen atoms in total. The van der Waals surface area contributed by atoms with Crippen LogP contribution in [0, 0.1) is 11.3 Å². The first-order chi connectivity index (χ1) is 20.4. The Hall–Kier alpha value is -3.76. The number of hydrogen-bond donors (Lipinski definition) is 0. The molecule has 2 saturated heterocycles. The van der Waals surface area contributed by atoms with Crippen molar-refractivity contribution in [1.29, 1.82) is 5.26 Å². The second-order valence-corrected chi connectivity index (χ2v) is 14.1. The molecule has 0 N–H and O–H groups in total.